The van der Waals surface area contributed by atoms with E-state index in [1.165, 1.54) is 45.2 Å². The molecule has 1 saturated heterocycles. The molecule has 1 saturated carbocycles. The zero-order valence-electron chi connectivity index (χ0n) is 12.8. The van der Waals surface area contributed by atoms with Crippen LogP contribution in [0.25, 0.3) is 0 Å². The van der Waals surface area contributed by atoms with Crippen molar-refractivity contribution in [1.29, 1.82) is 0 Å². The first kappa shape index (κ1) is 15.3. The fourth-order valence-electron chi connectivity index (χ4n) is 3.62. The minimum absolute atomic E-state index is 0.0360. The van der Waals surface area contributed by atoms with Crippen LogP contribution in [0.4, 0.5) is 0 Å². The van der Waals surface area contributed by atoms with Gasteiger partial charge in [-0.2, -0.15) is 0 Å². The van der Waals surface area contributed by atoms with Gasteiger partial charge in [-0.15, -0.1) is 0 Å². The van der Waals surface area contributed by atoms with Gasteiger partial charge in [0.25, 0.3) is 0 Å². The van der Waals surface area contributed by atoms with E-state index < -0.39 is 0 Å². The van der Waals surface area contributed by atoms with Crippen molar-refractivity contribution < 1.29 is 5.11 Å². The number of aliphatic hydroxyl groups is 1. The Labute approximate surface area is 118 Å². The lowest BCUT2D eigenvalue weighted by Crippen LogP contribution is -2.37. The molecule has 19 heavy (non-hydrogen) atoms. The molecule has 2 rings (SSSR count). The molecular formula is C16H32N2O. The number of nitrogens with one attached hydrogen (secondary N) is 1. The number of aliphatic hydroxyl groups excluding tert-OH is 1. The highest BCUT2D eigenvalue weighted by atomic mass is 16.3. The molecule has 1 aliphatic carbocycles. The highest BCUT2D eigenvalue weighted by molar-refractivity contribution is 4.79. The Bertz CT molecular complexity index is 257. The SMILES string of the molecule is CC(C)N1CCCC(NCC2CCCC(O)C2)CC1. The molecule has 0 bridgehead atoms. The van der Waals surface area contributed by atoms with Gasteiger partial charge in [0, 0.05) is 12.1 Å². The molecule has 0 aromatic rings. The van der Waals surface area contributed by atoms with Crippen LogP contribution in [-0.2, 0) is 0 Å². The Morgan fingerprint density at radius 3 is 2.68 bits per heavy atom. The molecule has 112 valence electrons. The maximum absolute atomic E-state index is 9.72. The predicted molar refractivity (Wildman–Crippen MR) is 80.3 cm³/mol. The molecule has 1 aliphatic heterocycles. The van der Waals surface area contributed by atoms with Gasteiger partial charge in [-0.1, -0.05) is 6.42 Å². The van der Waals surface area contributed by atoms with Crippen molar-refractivity contribution >= 4 is 0 Å². The van der Waals surface area contributed by atoms with Gasteiger partial charge >= 0.3 is 0 Å². The van der Waals surface area contributed by atoms with Gasteiger partial charge in [0.05, 0.1) is 6.10 Å². The van der Waals surface area contributed by atoms with Gasteiger partial charge in [0.1, 0.15) is 0 Å². The minimum Gasteiger partial charge on any atom is -0.393 e. The summed E-state index contributed by atoms with van der Waals surface area (Å²) in [5.41, 5.74) is 0. The van der Waals surface area contributed by atoms with E-state index in [0.717, 1.165) is 19.4 Å². The van der Waals surface area contributed by atoms with E-state index >= 15 is 0 Å². The van der Waals surface area contributed by atoms with Crippen molar-refractivity contribution in [2.24, 2.45) is 5.92 Å². The van der Waals surface area contributed by atoms with Gasteiger partial charge in [-0.25, -0.2) is 0 Å². The standard InChI is InChI=1S/C16H32N2O/c1-13(2)18-9-4-6-15(8-10-18)17-12-14-5-3-7-16(19)11-14/h13-17,19H,3-12H2,1-2H3. The third-order valence-electron chi connectivity index (χ3n) is 4.94. The van der Waals surface area contributed by atoms with Crippen molar-refractivity contribution in [2.45, 2.75) is 77.0 Å². The highest BCUT2D eigenvalue weighted by Crippen LogP contribution is 2.24. The van der Waals surface area contributed by atoms with Crippen molar-refractivity contribution in [2.75, 3.05) is 19.6 Å². The lowest BCUT2D eigenvalue weighted by molar-refractivity contribution is 0.0993. The van der Waals surface area contributed by atoms with Crippen LogP contribution in [0, 0.1) is 5.92 Å². The largest absolute Gasteiger partial charge is 0.393 e. The molecule has 3 unspecified atom stereocenters. The van der Waals surface area contributed by atoms with Crippen molar-refractivity contribution in [3.05, 3.63) is 0 Å². The van der Waals surface area contributed by atoms with E-state index in [-0.39, 0.29) is 6.10 Å². The monoisotopic (exact) mass is 268 g/mol. The molecule has 0 spiro atoms. The number of rotatable bonds is 4. The molecule has 3 nitrogen and oxygen atoms in total. The fraction of sp³-hybridized carbons (Fsp3) is 1.00. The zero-order valence-corrected chi connectivity index (χ0v) is 12.8. The number of hydrogen-bond acceptors (Lipinski definition) is 3. The number of hydrogen-bond donors (Lipinski definition) is 2. The summed E-state index contributed by atoms with van der Waals surface area (Å²) in [6.07, 6.45) is 8.43. The predicted octanol–water partition coefficient (Wildman–Crippen LogP) is 2.39. The Morgan fingerprint density at radius 1 is 1.11 bits per heavy atom. The Kier molecular flexibility index (Phi) is 6.11. The summed E-state index contributed by atoms with van der Waals surface area (Å²) in [5, 5.41) is 13.5. The van der Waals surface area contributed by atoms with Gasteiger partial charge in [-0.05, 0) is 77.9 Å². The van der Waals surface area contributed by atoms with Gasteiger partial charge in [0.2, 0.25) is 0 Å². The first-order valence-electron chi connectivity index (χ1n) is 8.30. The number of likely N-dealkylation sites (tertiary alicyclic amines) is 1. The van der Waals surface area contributed by atoms with Crippen LogP contribution >= 0.6 is 0 Å². The first-order valence-corrected chi connectivity index (χ1v) is 8.30. The summed E-state index contributed by atoms with van der Waals surface area (Å²) in [6, 6.07) is 1.38. The molecule has 0 aromatic carbocycles. The third kappa shape index (κ3) is 5.05. The van der Waals surface area contributed by atoms with Gasteiger partial charge in [0.15, 0.2) is 0 Å². The Balaban J connectivity index is 1.68. The smallest absolute Gasteiger partial charge is 0.0543 e. The first-order chi connectivity index (χ1) is 9.15. The second-order valence-corrected chi connectivity index (χ2v) is 6.85. The van der Waals surface area contributed by atoms with Crippen LogP contribution in [0.15, 0.2) is 0 Å². The second kappa shape index (κ2) is 7.61. The fourth-order valence-corrected chi connectivity index (χ4v) is 3.62. The van der Waals surface area contributed by atoms with E-state index in [0.29, 0.717) is 18.0 Å². The van der Waals surface area contributed by atoms with E-state index in [9.17, 15) is 5.11 Å². The summed E-state index contributed by atoms with van der Waals surface area (Å²) in [4.78, 5) is 2.60. The molecule has 3 atom stereocenters. The second-order valence-electron chi connectivity index (χ2n) is 6.85. The lowest BCUT2D eigenvalue weighted by Gasteiger charge is -2.28. The zero-order chi connectivity index (χ0) is 13.7. The molecule has 0 radical (unpaired) electrons. The molecule has 2 fully saturated rings. The Hall–Kier alpha value is -0.120. The molecule has 0 aromatic heterocycles. The topological polar surface area (TPSA) is 35.5 Å². The van der Waals surface area contributed by atoms with Crippen LogP contribution in [0.5, 0.6) is 0 Å². The quantitative estimate of drug-likeness (QED) is 0.822. The molecule has 0 amide bonds. The molecule has 2 aliphatic rings. The molecule has 1 heterocycles. The van der Waals surface area contributed by atoms with E-state index in [2.05, 4.69) is 24.1 Å². The van der Waals surface area contributed by atoms with Crippen LogP contribution in [0.3, 0.4) is 0 Å². The summed E-state index contributed by atoms with van der Waals surface area (Å²) in [7, 11) is 0. The summed E-state index contributed by atoms with van der Waals surface area (Å²) >= 11 is 0. The van der Waals surface area contributed by atoms with Crippen LogP contribution in [0.2, 0.25) is 0 Å². The van der Waals surface area contributed by atoms with E-state index in [1.807, 2.05) is 0 Å². The third-order valence-corrected chi connectivity index (χ3v) is 4.94. The van der Waals surface area contributed by atoms with E-state index in [4.69, 9.17) is 0 Å². The maximum Gasteiger partial charge on any atom is 0.0543 e. The lowest BCUT2D eigenvalue weighted by atomic mass is 9.87. The van der Waals surface area contributed by atoms with Crippen molar-refractivity contribution in [3.8, 4) is 0 Å². The van der Waals surface area contributed by atoms with Gasteiger partial charge < -0.3 is 15.3 Å². The summed E-state index contributed by atoms with van der Waals surface area (Å²) in [5.74, 6) is 0.702. The Morgan fingerprint density at radius 2 is 1.95 bits per heavy atom. The van der Waals surface area contributed by atoms with Crippen LogP contribution in [0.1, 0.15) is 58.8 Å². The summed E-state index contributed by atoms with van der Waals surface area (Å²) < 4.78 is 0. The van der Waals surface area contributed by atoms with Crippen molar-refractivity contribution in [3.63, 3.8) is 0 Å². The van der Waals surface area contributed by atoms with E-state index in [1.54, 1.807) is 0 Å². The van der Waals surface area contributed by atoms with Crippen LogP contribution in [-0.4, -0.2) is 47.8 Å². The average Bonchev–Trinajstić information content (AvgIpc) is 2.62. The van der Waals surface area contributed by atoms with Gasteiger partial charge in [-0.3, -0.25) is 0 Å². The normalized spacial score (nSPS) is 34.4. The molecule has 3 heteroatoms. The van der Waals surface area contributed by atoms with Crippen molar-refractivity contribution in [1.82, 2.24) is 10.2 Å². The average molecular weight is 268 g/mol. The number of nitrogens with zero attached hydrogens (tertiary/aromatic N) is 1. The minimum atomic E-state index is -0.0360. The maximum atomic E-state index is 9.72. The molecule has 2 N–H and O–H groups in total. The summed E-state index contributed by atoms with van der Waals surface area (Å²) in [6.45, 7) is 8.22. The highest BCUT2D eigenvalue weighted by Gasteiger charge is 2.22. The van der Waals surface area contributed by atoms with Crippen LogP contribution < -0.4 is 5.32 Å². The molecular weight excluding hydrogens is 236 g/mol.